The second-order valence-corrected chi connectivity index (χ2v) is 8.92. The Morgan fingerprint density at radius 2 is 1.96 bits per heavy atom. The van der Waals surface area contributed by atoms with Crippen molar-refractivity contribution in [1.29, 1.82) is 0 Å². The molecule has 26 heavy (non-hydrogen) atoms. The minimum Gasteiger partial charge on any atom is -0.480 e. The first kappa shape index (κ1) is 19.2. The number of carboxylic acid groups (broad SMARTS) is 1. The lowest BCUT2D eigenvalue weighted by atomic mass is 9.82. The van der Waals surface area contributed by atoms with Crippen molar-refractivity contribution in [3.05, 3.63) is 34.3 Å². The summed E-state index contributed by atoms with van der Waals surface area (Å²) >= 11 is 3.43. The predicted octanol–water partition coefficient (Wildman–Crippen LogP) is 3.77. The molecule has 0 aromatic heterocycles. The van der Waals surface area contributed by atoms with Crippen molar-refractivity contribution in [2.24, 2.45) is 5.92 Å². The zero-order valence-electron chi connectivity index (χ0n) is 15.2. The van der Waals surface area contributed by atoms with Gasteiger partial charge in [-0.3, -0.25) is 0 Å². The van der Waals surface area contributed by atoms with Gasteiger partial charge in [0.25, 0.3) is 0 Å². The van der Waals surface area contributed by atoms with Gasteiger partial charge in [-0.1, -0.05) is 28.1 Å². The maximum atomic E-state index is 12.5. The summed E-state index contributed by atoms with van der Waals surface area (Å²) in [6, 6.07) is 7.78. The smallest absolute Gasteiger partial charge is 0.410 e. The zero-order chi connectivity index (χ0) is 19.1. The van der Waals surface area contributed by atoms with Crippen LogP contribution >= 0.6 is 15.9 Å². The molecule has 1 aliphatic heterocycles. The van der Waals surface area contributed by atoms with E-state index < -0.39 is 17.2 Å². The molecular weight excluding hydrogens is 402 g/mol. The van der Waals surface area contributed by atoms with Gasteiger partial charge in [-0.2, -0.15) is 0 Å². The number of carbonyl (C=O) groups is 2. The Bertz CT molecular complexity index is 699. The van der Waals surface area contributed by atoms with Crippen molar-refractivity contribution < 1.29 is 24.2 Å². The van der Waals surface area contributed by atoms with Crippen LogP contribution in [0.1, 0.15) is 39.2 Å². The monoisotopic (exact) mass is 425 g/mol. The van der Waals surface area contributed by atoms with Gasteiger partial charge in [0.05, 0.1) is 0 Å². The normalized spacial score (nSPS) is 27.6. The number of halogens is 1. The number of likely N-dealkylation sites (tertiary alicyclic amines) is 1. The van der Waals surface area contributed by atoms with E-state index in [0.29, 0.717) is 13.0 Å². The van der Waals surface area contributed by atoms with Crippen molar-refractivity contribution in [1.82, 2.24) is 4.90 Å². The van der Waals surface area contributed by atoms with E-state index in [1.54, 1.807) is 4.90 Å². The van der Waals surface area contributed by atoms with E-state index in [1.165, 1.54) is 0 Å². The lowest BCUT2D eigenvalue weighted by molar-refractivity contribution is -0.157. The summed E-state index contributed by atoms with van der Waals surface area (Å²) in [5, 5.41) is 9.10. The quantitative estimate of drug-likeness (QED) is 0.793. The van der Waals surface area contributed by atoms with Gasteiger partial charge in [0.2, 0.25) is 0 Å². The van der Waals surface area contributed by atoms with E-state index >= 15 is 0 Å². The summed E-state index contributed by atoms with van der Waals surface area (Å²) in [5.74, 6) is -0.950. The third kappa shape index (κ3) is 3.74. The average Bonchev–Trinajstić information content (AvgIpc) is 3.10. The summed E-state index contributed by atoms with van der Waals surface area (Å²) in [5.41, 5.74) is -0.262. The molecule has 1 saturated carbocycles. The van der Waals surface area contributed by atoms with Crippen LogP contribution in [0, 0.1) is 5.92 Å². The molecule has 142 valence electrons. The Labute approximate surface area is 161 Å². The summed E-state index contributed by atoms with van der Waals surface area (Å²) in [6.45, 7) is 5.70. The molecular formula is C19H24BrNO5. The number of fused-ring (bicyclic) bond motifs is 2. The highest BCUT2D eigenvalue weighted by Gasteiger charge is 2.58. The molecule has 1 N–H and O–H groups in total. The first-order valence-corrected chi connectivity index (χ1v) is 9.51. The van der Waals surface area contributed by atoms with Crippen LogP contribution in [-0.2, 0) is 19.9 Å². The minimum atomic E-state index is -0.992. The highest BCUT2D eigenvalue weighted by atomic mass is 79.9. The fourth-order valence-corrected chi connectivity index (χ4v) is 4.31. The zero-order valence-corrected chi connectivity index (χ0v) is 16.8. The molecule has 3 atom stereocenters. The standard InChI is InChI=1S/C19H24BrNO5/c1-18(2,3)26-17(24)21-10-13-8-15(21)9-19(13,25-11-16(22)23)12-4-6-14(20)7-5-12/h4-7,13,15H,8-11H2,1-3H3,(H,22,23). The van der Waals surface area contributed by atoms with Gasteiger partial charge in [0.15, 0.2) is 0 Å². The van der Waals surface area contributed by atoms with Crippen LogP contribution in [0.2, 0.25) is 0 Å². The Hall–Kier alpha value is -1.60. The Balaban J connectivity index is 1.82. The molecule has 1 amide bonds. The van der Waals surface area contributed by atoms with Crippen molar-refractivity contribution in [3.8, 4) is 0 Å². The van der Waals surface area contributed by atoms with Crippen LogP contribution in [-0.4, -0.2) is 46.9 Å². The van der Waals surface area contributed by atoms with Crippen molar-refractivity contribution >= 4 is 28.0 Å². The molecule has 1 saturated heterocycles. The minimum absolute atomic E-state index is 0.00714. The number of carboxylic acids is 1. The molecule has 2 bridgehead atoms. The lowest BCUT2D eigenvalue weighted by Gasteiger charge is -2.41. The number of benzene rings is 1. The SMILES string of the molecule is CC(C)(C)OC(=O)N1CC2CC1CC2(OCC(=O)O)c1ccc(Br)cc1. The number of carbonyl (C=O) groups excluding carboxylic acids is 1. The molecule has 0 spiro atoms. The molecule has 3 rings (SSSR count). The number of piperidine rings is 1. The Morgan fingerprint density at radius 1 is 1.31 bits per heavy atom. The van der Waals surface area contributed by atoms with E-state index in [4.69, 9.17) is 14.6 Å². The van der Waals surface area contributed by atoms with Crippen molar-refractivity contribution in [2.75, 3.05) is 13.2 Å². The number of rotatable bonds is 4. The maximum absolute atomic E-state index is 12.5. The lowest BCUT2D eigenvalue weighted by Crippen LogP contribution is -2.49. The van der Waals surface area contributed by atoms with E-state index in [1.807, 2.05) is 45.0 Å². The predicted molar refractivity (Wildman–Crippen MR) is 98.9 cm³/mol. The Kier molecular flexibility index (Phi) is 5.05. The van der Waals surface area contributed by atoms with Crippen LogP contribution in [0.15, 0.2) is 28.7 Å². The topological polar surface area (TPSA) is 76.1 Å². The van der Waals surface area contributed by atoms with Crippen LogP contribution < -0.4 is 0 Å². The number of hydrogen-bond acceptors (Lipinski definition) is 4. The summed E-state index contributed by atoms with van der Waals surface area (Å²) in [6.07, 6.45) is 1.05. The maximum Gasteiger partial charge on any atom is 0.410 e. The van der Waals surface area contributed by atoms with Gasteiger partial charge in [-0.25, -0.2) is 9.59 Å². The number of aliphatic carboxylic acids is 1. The second kappa shape index (κ2) is 6.85. The van der Waals surface area contributed by atoms with E-state index in [2.05, 4.69) is 15.9 Å². The molecule has 1 aromatic rings. The Morgan fingerprint density at radius 3 is 2.46 bits per heavy atom. The van der Waals surface area contributed by atoms with Crippen LogP contribution in [0.4, 0.5) is 4.79 Å². The average molecular weight is 426 g/mol. The molecule has 0 radical (unpaired) electrons. The van der Waals surface area contributed by atoms with Crippen molar-refractivity contribution in [2.45, 2.75) is 50.9 Å². The van der Waals surface area contributed by atoms with Crippen LogP contribution in [0.5, 0.6) is 0 Å². The van der Waals surface area contributed by atoms with E-state index in [-0.39, 0.29) is 24.7 Å². The van der Waals surface area contributed by atoms with Crippen LogP contribution in [0.3, 0.4) is 0 Å². The number of hydrogen-bond donors (Lipinski definition) is 1. The summed E-state index contributed by atoms with van der Waals surface area (Å²) in [4.78, 5) is 25.3. The number of nitrogens with zero attached hydrogens (tertiary/aromatic N) is 1. The van der Waals surface area contributed by atoms with Gasteiger partial charge in [0, 0.05) is 29.4 Å². The van der Waals surface area contributed by atoms with Crippen LogP contribution in [0.25, 0.3) is 0 Å². The second-order valence-electron chi connectivity index (χ2n) is 8.00. The highest BCUT2D eigenvalue weighted by molar-refractivity contribution is 9.10. The fraction of sp³-hybridized carbons (Fsp3) is 0.579. The van der Waals surface area contributed by atoms with Gasteiger partial charge < -0.3 is 19.5 Å². The van der Waals surface area contributed by atoms with Gasteiger partial charge in [-0.15, -0.1) is 0 Å². The van der Waals surface area contributed by atoms with Gasteiger partial charge >= 0.3 is 12.1 Å². The van der Waals surface area contributed by atoms with E-state index in [0.717, 1.165) is 16.5 Å². The third-order valence-electron chi connectivity index (χ3n) is 5.03. The molecule has 3 unspecified atom stereocenters. The molecule has 7 heteroatoms. The van der Waals surface area contributed by atoms with Crippen molar-refractivity contribution in [3.63, 3.8) is 0 Å². The molecule has 6 nitrogen and oxygen atoms in total. The fourth-order valence-electron chi connectivity index (χ4n) is 4.05. The first-order chi connectivity index (χ1) is 12.1. The summed E-state index contributed by atoms with van der Waals surface area (Å²) in [7, 11) is 0. The van der Waals surface area contributed by atoms with Gasteiger partial charge in [-0.05, 0) is 44.9 Å². The van der Waals surface area contributed by atoms with E-state index in [9.17, 15) is 9.59 Å². The molecule has 1 aromatic carbocycles. The largest absolute Gasteiger partial charge is 0.480 e. The first-order valence-electron chi connectivity index (χ1n) is 8.72. The third-order valence-corrected chi connectivity index (χ3v) is 5.56. The molecule has 1 aliphatic carbocycles. The molecule has 1 heterocycles. The number of ether oxygens (including phenoxy) is 2. The highest BCUT2D eigenvalue weighted by Crippen LogP contribution is 2.53. The van der Waals surface area contributed by atoms with Gasteiger partial charge in [0.1, 0.15) is 17.8 Å². The molecule has 2 aliphatic rings. The summed E-state index contributed by atoms with van der Waals surface area (Å²) < 4.78 is 12.4. The number of amides is 1. The molecule has 2 fully saturated rings.